The lowest BCUT2D eigenvalue weighted by Crippen LogP contribution is -2.31. The number of aromatic nitrogens is 3. The standard InChI is InChI=1S/C19H23N3O2/c1-14-6-7-19(24)22(13-14)17(10-15-4-2-3-5-15)18(23)11-16-12-20-8-9-21-16/h6-9,12-13,15,17H,2-5,10-11H2,1H3/t17-/m0/s1. The van der Waals surface area contributed by atoms with Gasteiger partial charge in [-0.15, -0.1) is 0 Å². The molecule has 0 radical (unpaired) electrons. The molecule has 0 amide bonds. The number of nitrogens with zero attached hydrogens (tertiary/aromatic N) is 3. The summed E-state index contributed by atoms with van der Waals surface area (Å²) in [5.74, 6) is 0.559. The Hall–Kier alpha value is -2.30. The Labute approximate surface area is 141 Å². The smallest absolute Gasteiger partial charge is 0.251 e. The number of hydrogen-bond acceptors (Lipinski definition) is 4. The average molecular weight is 325 g/mol. The summed E-state index contributed by atoms with van der Waals surface area (Å²) in [6, 6.07) is 2.92. The van der Waals surface area contributed by atoms with Crippen LogP contribution in [0.3, 0.4) is 0 Å². The molecule has 0 aromatic carbocycles. The zero-order valence-corrected chi connectivity index (χ0v) is 14.0. The molecule has 0 N–H and O–H groups in total. The Kier molecular flexibility index (Phi) is 5.18. The van der Waals surface area contributed by atoms with E-state index in [1.807, 2.05) is 6.92 Å². The van der Waals surface area contributed by atoms with Crippen LogP contribution < -0.4 is 5.56 Å². The van der Waals surface area contributed by atoms with Crippen molar-refractivity contribution < 1.29 is 4.79 Å². The highest BCUT2D eigenvalue weighted by Gasteiger charge is 2.27. The Morgan fingerprint density at radius 2 is 2.08 bits per heavy atom. The van der Waals surface area contributed by atoms with Crippen molar-refractivity contribution >= 4 is 5.78 Å². The summed E-state index contributed by atoms with van der Waals surface area (Å²) in [4.78, 5) is 33.5. The van der Waals surface area contributed by atoms with Gasteiger partial charge < -0.3 is 4.57 Å². The highest BCUT2D eigenvalue weighted by atomic mass is 16.1. The highest BCUT2D eigenvalue weighted by Crippen LogP contribution is 2.32. The van der Waals surface area contributed by atoms with Crippen LogP contribution in [0.5, 0.6) is 0 Å². The van der Waals surface area contributed by atoms with Crippen molar-refractivity contribution in [3.63, 3.8) is 0 Å². The van der Waals surface area contributed by atoms with Crippen molar-refractivity contribution in [3.05, 3.63) is 58.5 Å². The second kappa shape index (κ2) is 7.51. The number of ketones is 1. The topological polar surface area (TPSA) is 64.8 Å². The van der Waals surface area contributed by atoms with Gasteiger partial charge in [0.25, 0.3) is 5.56 Å². The minimum Gasteiger partial charge on any atom is -0.305 e. The third-order valence-electron chi connectivity index (χ3n) is 4.80. The summed E-state index contributed by atoms with van der Waals surface area (Å²) in [6.45, 7) is 1.94. The van der Waals surface area contributed by atoms with Gasteiger partial charge in [0.05, 0.1) is 18.2 Å². The Morgan fingerprint density at radius 1 is 1.29 bits per heavy atom. The fourth-order valence-electron chi connectivity index (χ4n) is 3.54. The lowest BCUT2D eigenvalue weighted by atomic mass is 9.93. The first-order chi connectivity index (χ1) is 11.6. The lowest BCUT2D eigenvalue weighted by molar-refractivity contribution is -0.122. The summed E-state index contributed by atoms with van der Waals surface area (Å²) in [7, 11) is 0. The maximum atomic E-state index is 12.9. The number of carbonyl (C=O) groups is 1. The first-order valence-electron chi connectivity index (χ1n) is 8.60. The molecule has 0 aliphatic heterocycles. The third-order valence-corrected chi connectivity index (χ3v) is 4.80. The van der Waals surface area contributed by atoms with E-state index in [1.165, 1.54) is 12.8 Å². The molecule has 126 valence electrons. The molecule has 3 rings (SSSR count). The van der Waals surface area contributed by atoms with Crippen molar-refractivity contribution in [2.75, 3.05) is 0 Å². The van der Waals surface area contributed by atoms with Gasteiger partial charge in [-0.3, -0.25) is 19.6 Å². The molecular weight excluding hydrogens is 302 g/mol. The Morgan fingerprint density at radius 3 is 2.79 bits per heavy atom. The second-order valence-electron chi connectivity index (χ2n) is 6.69. The molecule has 1 aliphatic rings. The zero-order valence-electron chi connectivity index (χ0n) is 14.0. The third kappa shape index (κ3) is 3.96. The van der Waals surface area contributed by atoms with Gasteiger partial charge >= 0.3 is 0 Å². The molecule has 0 unspecified atom stereocenters. The van der Waals surface area contributed by atoms with Crippen LogP contribution in [-0.2, 0) is 11.2 Å². The normalized spacial score (nSPS) is 16.2. The summed E-state index contributed by atoms with van der Waals surface area (Å²) in [6.07, 6.45) is 12.3. The largest absolute Gasteiger partial charge is 0.305 e. The maximum Gasteiger partial charge on any atom is 0.251 e. The van der Waals surface area contributed by atoms with Crippen LogP contribution in [0.4, 0.5) is 0 Å². The van der Waals surface area contributed by atoms with E-state index in [0.29, 0.717) is 11.6 Å². The summed E-state index contributed by atoms with van der Waals surface area (Å²) >= 11 is 0. The van der Waals surface area contributed by atoms with Crippen LogP contribution in [0, 0.1) is 12.8 Å². The van der Waals surface area contributed by atoms with Crippen molar-refractivity contribution in [1.29, 1.82) is 0 Å². The van der Waals surface area contributed by atoms with Crippen LogP contribution in [0.15, 0.2) is 41.7 Å². The first kappa shape index (κ1) is 16.6. The predicted octanol–water partition coefficient (Wildman–Crippen LogP) is 2.88. The monoisotopic (exact) mass is 325 g/mol. The predicted molar refractivity (Wildman–Crippen MR) is 91.8 cm³/mol. The molecule has 1 fully saturated rings. The van der Waals surface area contributed by atoms with E-state index in [4.69, 9.17) is 0 Å². The van der Waals surface area contributed by atoms with Crippen LogP contribution in [0.25, 0.3) is 0 Å². The van der Waals surface area contributed by atoms with Crippen LogP contribution in [-0.4, -0.2) is 20.3 Å². The van der Waals surface area contributed by atoms with Crippen LogP contribution in [0.1, 0.15) is 49.4 Å². The molecule has 1 saturated carbocycles. The molecule has 2 heterocycles. The van der Waals surface area contributed by atoms with E-state index >= 15 is 0 Å². The number of rotatable bonds is 6. The molecule has 5 heteroatoms. The van der Waals surface area contributed by atoms with E-state index in [-0.39, 0.29) is 17.8 Å². The van der Waals surface area contributed by atoms with Crippen LogP contribution >= 0.6 is 0 Å². The van der Waals surface area contributed by atoms with Crippen molar-refractivity contribution in [3.8, 4) is 0 Å². The van der Waals surface area contributed by atoms with Crippen molar-refractivity contribution in [2.24, 2.45) is 5.92 Å². The van der Waals surface area contributed by atoms with E-state index in [0.717, 1.165) is 24.8 Å². The Bertz CT molecular complexity index is 749. The fraction of sp³-hybridized carbons (Fsp3) is 0.474. The van der Waals surface area contributed by atoms with E-state index in [2.05, 4.69) is 9.97 Å². The lowest BCUT2D eigenvalue weighted by Gasteiger charge is -2.22. The molecule has 5 nitrogen and oxygen atoms in total. The van der Waals surface area contributed by atoms with Crippen molar-refractivity contribution in [2.45, 2.75) is 51.5 Å². The minimum absolute atomic E-state index is 0.0371. The van der Waals surface area contributed by atoms with Crippen LogP contribution in [0.2, 0.25) is 0 Å². The quantitative estimate of drug-likeness (QED) is 0.819. The fourth-order valence-corrected chi connectivity index (χ4v) is 3.54. The summed E-state index contributed by atoms with van der Waals surface area (Å²) < 4.78 is 1.62. The second-order valence-corrected chi connectivity index (χ2v) is 6.69. The SMILES string of the molecule is Cc1ccc(=O)n([C@@H](CC2CCCC2)C(=O)Cc2cnccn2)c1. The zero-order chi connectivity index (χ0) is 16.9. The van der Waals surface area contributed by atoms with Gasteiger partial charge in [0.1, 0.15) is 0 Å². The maximum absolute atomic E-state index is 12.9. The van der Waals surface area contributed by atoms with E-state index < -0.39 is 6.04 Å². The van der Waals surface area contributed by atoms with Gasteiger partial charge in [-0.1, -0.05) is 31.7 Å². The first-order valence-corrected chi connectivity index (χ1v) is 8.60. The summed E-state index contributed by atoms with van der Waals surface area (Å²) in [5.41, 5.74) is 1.52. The molecule has 1 aliphatic carbocycles. The Balaban J connectivity index is 1.87. The molecule has 2 aromatic rings. The molecule has 1 atom stereocenters. The van der Waals surface area contributed by atoms with E-state index in [1.54, 1.807) is 41.5 Å². The number of carbonyl (C=O) groups excluding carboxylic acids is 1. The molecule has 0 saturated heterocycles. The van der Waals surface area contributed by atoms with Crippen molar-refractivity contribution in [1.82, 2.24) is 14.5 Å². The van der Waals surface area contributed by atoms with E-state index in [9.17, 15) is 9.59 Å². The molecular formula is C19H23N3O2. The van der Waals surface area contributed by atoms with Gasteiger partial charge in [0.15, 0.2) is 5.78 Å². The summed E-state index contributed by atoms with van der Waals surface area (Å²) in [5, 5.41) is 0. The number of hydrogen-bond donors (Lipinski definition) is 0. The van der Waals surface area contributed by atoms with Gasteiger partial charge in [-0.2, -0.15) is 0 Å². The number of pyridine rings is 1. The number of aryl methyl sites for hydroxylation is 1. The molecule has 0 bridgehead atoms. The highest BCUT2D eigenvalue weighted by molar-refractivity contribution is 5.84. The molecule has 2 aromatic heterocycles. The minimum atomic E-state index is -0.414. The van der Waals surface area contributed by atoms with Gasteiger partial charge in [-0.25, -0.2) is 0 Å². The molecule has 0 spiro atoms. The van der Waals surface area contributed by atoms with Gasteiger partial charge in [0, 0.05) is 30.9 Å². The number of Topliss-reactive ketones (excluding diaryl/α,β-unsaturated/α-hetero) is 1. The van der Waals surface area contributed by atoms with Gasteiger partial charge in [-0.05, 0) is 24.8 Å². The molecule has 24 heavy (non-hydrogen) atoms. The van der Waals surface area contributed by atoms with Gasteiger partial charge in [0.2, 0.25) is 0 Å². The average Bonchev–Trinajstić information content (AvgIpc) is 3.09.